The maximum absolute atomic E-state index is 12.9. The van der Waals surface area contributed by atoms with Crippen molar-refractivity contribution in [2.75, 3.05) is 0 Å². The number of aryl methyl sites for hydroxylation is 3. The third-order valence-corrected chi connectivity index (χ3v) is 9.01. The lowest BCUT2D eigenvalue weighted by molar-refractivity contribution is 0.222. The van der Waals surface area contributed by atoms with Crippen molar-refractivity contribution in [1.29, 1.82) is 0 Å². The van der Waals surface area contributed by atoms with Gasteiger partial charge in [0.1, 0.15) is 12.1 Å². The van der Waals surface area contributed by atoms with Gasteiger partial charge in [-0.2, -0.15) is 10.2 Å². The van der Waals surface area contributed by atoms with Gasteiger partial charge < -0.3 is 5.11 Å². The van der Waals surface area contributed by atoms with E-state index in [0.717, 1.165) is 38.5 Å². The van der Waals surface area contributed by atoms with Gasteiger partial charge in [0.15, 0.2) is 0 Å². The molecule has 3 aromatic heterocycles. The van der Waals surface area contributed by atoms with Gasteiger partial charge in [-0.3, -0.25) is 9.48 Å². The molecule has 0 saturated carbocycles. The van der Waals surface area contributed by atoms with E-state index in [1.807, 2.05) is 61.9 Å². The maximum atomic E-state index is 12.9. The molecule has 6 nitrogen and oxygen atoms in total. The molecule has 0 spiro atoms. The highest BCUT2D eigenvalue weighted by Crippen LogP contribution is 2.43. The highest BCUT2D eigenvalue weighted by molar-refractivity contribution is 9.10. The lowest BCUT2D eigenvalue weighted by Gasteiger charge is -2.21. The number of rotatable bonds is 6. The first-order chi connectivity index (χ1) is 17.3. The summed E-state index contributed by atoms with van der Waals surface area (Å²) in [5, 5.41) is 21.6. The van der Waals surface area contributed by atoms with Crippen LogP contribution in [0.5, 0.6) is 0 Å². The van der Waals surface area contributed by atoms with Crippen molar-refractivity contribution < 1.29 is 5.11 Å². The molecule has 8 heteroatoms. The number of hydrogen-bond acceptors (Lipinski definition) is 5. The van der Waals surface area contributed by atoms with Crippen molar-refractivity contribution in [2.24, 2.45) is 7.05 Å². The SMILES string of the molecule is CCc1nn(C)c(=O)c2c(Br)c(C(O)c3c(C)nn(C(c4ccccc4)c4ccccc4)c3C)sc12. The Morgan fingerprint density at radius 1 is 1.00 bits per heavy atom. The predicted octanol–water partition coefficient (Wildman–Crippen LogP) is 5.85. The predicted molar refractivity (Wildman–Crippen MR) is 148 cm³/mol. The molecule has 0 aliphatic heterocycles. The van der Waals surface area contributed by atoms with Gasteiger partial charge in [-0.05, 0) is 47.3 Å². The number of aliphatic hydroxyl groups excluding tert-OH is 1. The van der Waals surface area contributed by atoms with E-state index in [1.165, 1.54) is 16.0 Å². The zero-order valence-corrected chi connectivity index (χ0v) is 23.0. The average Bonchev–Trinajstić information content (AvgIpc) is 3.38. The Hall–Kier alpha value is -3.07. The summed E-state index contributed by atoms with van der Waals surface area (Å²) in [4.78, 5) is 13.6. The number of aliphatic hydroxyl groups is 1. The molecular formula is C28H27BrN4O2S. The number of halogens is 1. The molecule has 0 fully saturated rings. The van der Waals surface area contributed by atoms with Crippen LogP contribution < -0.4 is 5.56 Å². The minimum Gasteiger partial charge on any atom is -0.383 e. The maximum Gasteiger partial charge on any atom is 0.276 e. The fraction of sp³-hybridized carbons (Fsp3) is 0.250. The molecule has 2 aromatic carbocycles. The highest BCUT2D eigenvalue weighted by Gasteiger charge is 2.29. The normalized spacial score (nSPS) is 12.5. The smallest absolute Gasteiger partial charge is 0.276 e. The van der Waals surface area contributed by atoms with Gasteiger partial charge in [0.25, 0.3) is 5.56 Å². The minimum absolute atomic E-state index is 0.138. The van der Waals surface area contributed by atoms with Crippen LogP contribution in [0.4, 0.5) is 0 Å². The van der Waals surface area contributed by atoms with E-state index in [9.17, 15) is 9.90 Å². The summed E-state index contributed by atoms with van der Waals surface area (Å²) in [6, 6.07) is 20.4. The topological polar surface area (TPSA) is 72.9 Å². The zero-order valence-electron chi connectivity index (χ0n) is 20.6. The summed E-state index contributed by atoms with van der Waals surface area (Å²) in [6.45, 7) is 5.94. The lowest BCUT2D eigenvalue weighted by atomic mass is 9.98. The average molecular weight is 564 g/mol. The number of nitrogens with zero attached hydrogens (tertiary/aromatic N) is 4. The Kier molecular flexibility index (Phi) is 6.68. The van der Waals surface area contributed by atoms with Gasteiger partial charge in [0.05, 0.1) is 26.4 Å². The summed E-state index contributed by atoms with van der Waals surface area (Å²) in [6.07, 6.45) is -0.244. The second kappa shape index (κ2) is 9.76. The molecule has 1 unspecified atom stereocenters. The van der Waals surface area contributed by atoms with Crippen LogP contribution in [0, 0.1) is 13.8 Å². The summed E-state index contributed by atoms with van der Waals surface area (Å²) in [5.74, 6) is 0. The zero-order chi connectivity index (χ0) is 25.6. The summed E-state index contributed by atoms with van der Waals surface area (Å²) in [7, 11) is 1.66. The first-order valence-corrected chi connectivity index (χ1v) is 13.5. The van der Waals surface area contributed by atoms with Gasteiger partial charge in [-0.1, -0.05) is 67.6 Å². The van der Waals surface area contributed by atoms with Crippen molar-refractivity contribution in [1.82, 2.24) is 19.6 Å². The molecule has 1 N–H and O–H groups in total. The summed E-state index contributed by atoms with van der Waals surface area (Å²) >= 11 is 5.06. The molecule has 0 bridgehead atoms. The third-order valence-electron chi connectivity index (χ3n) is 6.63. The van der Waals surface area contributed by atoms with Crippen molar-refractivity contribution >= 4 is 37.4 Å². The first-order valence-electron chi connectivity index (χ1n) is 11.8. The molecule has 0 amide bonds. The molecule has 184 valence electrons. The Morgan fingerprint density at radius 3 is 2.14 bits per heavy atom. The van der Waals surface area contributed by atoms with Gasteiger partial charge in [0, 0.05) is 22.8 Å². The Labute approximate surface area is 222 Å². The largest absolute Gasteiger partial charge is 0.383 e. The molecule has 5 aromatic rings. The molecule has 1 atom stereocenters. The quantitative estimate of drug-likeness (QED) is 0.281. The van der Waals surface area contributed by atoms with Crippen LogP contribution in [0.3, 0.4) is 0 Å². The monoisotopic (exact) mass is 562 g/mol. The van der Waals surface area contributed by atoms with Crippen LogP contribution in [0.25, 0.3) is 10.1 Å². The van der Waals surface area contributed by atoms with Gasteiger partial charge in [-0.15, -0.1) is 11.3 Å². The molecular weight excluding hydrogens is 536 g/mol. The number of benzene rings is 2. The summed E-state index contributed by atoms with van der Waals surface area (Å²) in [5.41, 5.74) is 5.27. The molecule has 0 radical (unpaired) electrons. The van der Waals surface area contributed by atoms with E-state index in [2.05, 4.69) is 45.3 Å². The fourth-order valence-corrected chi connectivity index (χ4v) is 7.06. The minimum atomic E-state index is -0.938. The van der Waals surface area contributed by atoms with Crippen LogP contribution >= 0.6 is 27.3 Å². The van der Waals surface area contributed by atoms with Gasteiger partial charge in [0.2, 0.25) is 0 Å². The molecule has 5 rings (SSSR count). The second-order valence-electron chi connectivity index (χ2n) is 8.87. The number of aromatic nitrogens is 4. The van der Waals surface area contributed by atoms with Gasteiger partial charge in [-0.25, -0.2) is 4.68 Å². The van der Waals surface area contributed by atoms with Crippen molar-refractivity contribution in [3.8, 4) is 0 Å². The van der Waals surface area contributed by atoms with Crippen molar-refractivity contribution in [3.05, 3.63) is 114 Å². The summed E-state index contributed by atoms with van der Waals surface area (Å²) < 4.78 is 4.81. The van der Waals surface area contributed by atoms with Crippen LogP contribution in [0.1, 0.15) is 57.7 Å². The van der Waals surface area contributed by atoms with Crippen molar-refractivity contribution in [2.45, 2.75) is 39.3 Å². The first kappa shape index (κ1) is 24.6. The molecule has 36 heavy (non-hydrogen) atoms. The molecule has 3 heterocycles. The standard InChI is InChI=1S/C28H27BrN4O2S/c1-5-20-26-22(28(35)32(4)31-20)23(29)27(36-26)25(34)21-16(2)30-33(17(21)3)24(18-12-8-6-9-13-18)19-14-10-7-11-15-19/h6-15,24-25,34H,5H2,1-4H3. The van der Waals surface area contributed by atoms with E-state index >= 15 is 0 Å². The van der Waals surface area contributed by atoms with E-state index < -0.39 is 6.10 Å². The van der Waals surface area contributed by atoms with E-state index in [0.29, 0.717) is 21.2 Å². The molecule has 0 aliphatic rings. The molecule has 0 aliphatic carbocycles. The van der Waals surface area contributed by atoms with Crippen LogP contribution in [0.2, 0.25) is 0 Å². The van der Waals surface area contributed by atoms with E-state index in [-0.39, 0.29) is 11.6 Å². The highest BCUT2D eigenvalue weighted by atomic mass is 79.9. The van der Waals surface area contributed by atoms with Crippen LogP contribution in [0.15, 0.2) is 69.9 Å². The lowest BCUT2D eigenvalue weighted by Crippen LogP contribution is -2.20. The Balaban J connectivity index is 1.68. The van der Waals surface area contributed by atoms with Crippen molar-refractivity contribution in [3.63, 3.8) is 0 Å². The number of fused-ring (bicyclic) bond motifs is 1. The third kappa shape index (κ3) is 4.03. The number of hydrogen-bond donors (Lipinski definition) is 1. The Morgan fingerprint density at radius 2 is 1.58 bits per heavy atom. The number of thiophene rings is 1. The van der Waals surface area contributed by atoms with Crippen LogP contribution in [-0.2, 0) is 13.5 Å². The Bertz CT molecular complexity index is 1570. The van der Waals surface area contributed by atoms with E-state index in [1.54, 1.807) is 7.05 Å². The second-order valence-corrected chi connectivity index (χ2v) is 10.7. The van der Waals surface area contributed by atoms with Crippen LogP contribution in [-0.4, -0.2) is 24.7 Å². The van der Waals surface area contributed by atoms with Gasteiger partial charge >= 0.3 is 0 Å². The fourth-order valence-electron chi connectivity index (χ4n) is 4.86. The van der Waals surface area contributed by atoms with E-state index in [4.69, 9.17) is 5.10 Å². The molecule has 0 saturated heterocycles.